The van der Waals surface area contributed by atoms with Gasteiger partial charge < -0.3 is 9.64 Å². The zero-order chi connectivity index (χ0) is 16.7. The molecule has 0 aliphatic heterocycles. The fourth-order valence-electron chi connectivity index (χ4n) is 1.87. The van der Waals surface area contributed by atoms with Crippen LogP contribution in [-0.4, -0.2) is 41.0 Å². The van der Waals surface area contributed by atoms with Gasteiger partial charge in [-0.15, -0.1) is 0 Å². The maximum atomic E-state index is 6.04. The van der Waals surface area contributed by atoms with E-state index in [1.165, 1.54) is 5.56 Å². The molecule has 1 atom stereocenters. The van der Waals surface area contributed by atoms with Gasteiger partial charge in [0.15, 0.2) is 0 Å². The Morgan fingerprint density at radius 2 is 1.41 bits per heavy atom. The number of hydrogen-bond donors (Lipinski definition) is 0. The molecule has 0 aliphatic carbocycles. The first-order valence-electron chi connectivity index (χ1n) is 7.05. The van der Waals surface area contributed by atoms with Crippen molar-refractivity contribution in [3.05, 3.63) is 63.6 Å². The Balaban J connectivity index is 0.000000541. The number of methoxy groups -OCH3 is 1. The van der Waals surface area contributed by atoms with E-state index in [1.807, 2.05) is 56.4 Å². The van der Waals surface area contributed by atoms with Crippen LogP contribution in [0.4, 0.5) is 0 Å². The van der Waals surface area contributed by atoms with Crippen molar-refractivity contribution in [3.63, 3.8) is 0 Å². The Bertz CT molecular complexity index is 585. The molecular formula is C17H22BCl2NO. The van der Waals surface area contributed by atoms with E-state index in [1.54, 1.807) is 7.11 Å². The van der Waals surface area contributed by atoms with Crippen LogP contribution in [0.5, 0.6) is 5.75 Å². The molecule has 0 bridgehead atoms. The summed E-state index contributed by atoms with van der Waals surface area (Å²) in [5.41, 5.74) is 2.36. The predicted molar refractivity (Wildman–Crippen MR) is 99.5 cm³/mol. The van der Waals surface area contributed by atoms with Gasteiger partial charge in [0, 0.05) is 0 Å². The summed E-state index contributed by atoms with van der Waals surface area (Å²) in [6, 6.07) is 13.8. The summed E-state index contributed by atoms with van der Waals surface area (Å²) in [4.78, 5) is 2.00. The zero-order valence-corrected chi connectivity index (χ0v) is 15.2. The van der Waals surface area contributed by atoms with E-state index in [0.717, 1.165) is 11.3 Å². The van der Waals surface area contributed by atoms with E-state index in [-0.39, 0.29) is 5.82 Å². The van der Waals surface area contributed by atoms with Gasteiger partial charge in [-0.25, -0.2) is 0 Å². The Hall–Kier alpha value is -1.16. The van der Waals surface area contributed by atoms with Gasteiger partial charge in [0.25, 0.3) is 0 Å². The largest absolute Gasteiger partial charge is 0.497 e. The number of halogens is 2. The molecule has 0 aliphatic rings. The molecule has 0 aromatic heterocycles. The summed E-state index contributed by atoms with van der Waals surface area (Å²) in [7, 11) is 9.80. The lowest BCUT2D eigenvalue weighted by Gasteiger charge is -2.13. The number of hydrogen-bond acceptors (Lipinski definition) is 2. The topological polar surface area (TPSA) is 12.5 Å². The fourth-order valence-corrected chi connectivity index (χ4v) is 2.17. The maximum Gasteiger partial charge on any atom is 0.118 e. The molecule has 118 valence electrons. The third-order valence-corrected chi connectivity index (χ3v) is 3.80. The summed E-state index contributed by atoms with van der Waals surface area (Å²) in [5.74, 6) is 1.13. The van der Waals surface area contributed by atoms with Crippen molar-refractivity contribution < 1.29 is 4.74 Å². The minimum Gasteiger partial charge on any atom is -0.497 e. The Kier molecular flexibility index (Phi) is 7.81. The van der Waals surface area contributed by atoms with Crippen LogP contribution in [0.1, 0.15) is 16.9 Å². The van der Waals surface area contributed by atoms with Crippen LogP contribution in [0.2, 0.25) is 10.0 Å². The van der Waals surface area contributed by atoms with Gasteiger partial charge in [0.1, 0.15) is 13.6 Å². The summed E-state index contributed by atoms with van der Waals surface area (Å²) >= 11 is 12.0. The van der Waals surface area contributed by atoms with Crippen LogP contribution >= 0.6 is 23.2 Å². The monoisotopic (exact) mass is 337 g/mol. The lowest BCUT2D eigenvalue weighted by Crippen LogP contribution is -2.00. The lowest BCUT2D eigenvalue weighted by atomic mass is 9.76. The van der Waals surface area contributed by atoms with Gasteiger partial charge in [-0.05, 0) is 62.4 Å². The Labute approximate surface area is 144 Å². The summed E-state index contributed by atoms with van der Waals surface area (Å²) in [5, 5.41) is 1.18. The molecule has 2 aromatic carbocycles. The van der Waals surface area contributed by atoms with E-state index in [9.17, 15) is 0 Å². The first-order chi connectivity index (χ1) is 10.3. The van der Waals surface area contributed by atoms with E-state index in [2.05, 4.69) is 20.0 Å². The summed E-state index contributed by atoms with van der Waals surface area (Å²) in [6.45, 7) is 0. The molecule has 0 N–H and O–H groups in total. The molecule has 0 spiro atoms. The van der Waals surface area contributed by atoms with Crippen LogP contribution in [-0.2, 0) is 0 Å². The molecule has 1 unspecified atom stereocenters. The van der Waals surface area contributed by atoms with Gasteiger partial charge in [-0.2, -0.15) is 0 Å². The number of nitrogens with zero attached hydrogens (tertiary/aromatic N) is 1. The normalized spacial score (nSPS) is 11.6. The van der Waals surface area contributed by atoms with Crippen molar-refractivity contribution >= 4 is 31.0 Å². The van der Waals surface area contributed by atoms with Gasteiger partial charge in [0.05, 0.1) is 17.2 Å². The highest BCUT2D eigenvalue weighted by Crippen LogP contribution is 2.29. The maximum absolute atomic E-state index is 6.04. The molecule has 5 heteroatoms. The highest BCUT2D eigenvalue weighted by atomic mass is 35.5. The fraction of sp³-hybridized carbons (Fsp3) is 0.294. The Morgan fingerprint density at radius 1 is 0.909 bits per heavy atom. The van der Waals surface area contributed by atoms with Crippen molar-refractivity contribution in [2.75, 3.05) is 28.3 Å². The van der Waals surface area contributed by atoms with E-state index in [0.29, 0.717) is 10.0 Å². The summed E-state index contributed by atoms with van der Waals surface area (Å²) in [6.07, 6.45) is 0. The van der Waals surface area contributed by atoms with Gasteiger partial charge >= 0.3 is 0 Å². The molecular weight excluding hydrogens is 316 g/mol. The first-order valence-corrected chi connectivity index (χ1v) is 7.80. The highest BCUT2D eigenvalue weighted by Gasteiger charge is 2.10. The Morgan fingerprint density at radius 3 is 1.86 bits per heavy atom. The highest BCUT2D eigenvalue weighted by molar-refractivity contribution is 6.42. The molecule has 0 amide bonds. The molecule has 2 aromatic rings. The number of benzene rings is 2. The van der Waals surface area contributed by atoms with Crippen LogP contribution in [0.15, 0.2) is 42.5 Å². The van der Waals surface area contributed by atoms with E-state index >= 15 is 0 Å². The third kappa shape index (κ3) is 5.92. The van der Waals surface area contributed by atoms with Crippen molar-refractivity contribution in [2.45, 2.75) is 5.82 Å². The van der Waals surface area contributed by atoms with Crippen molar-refractivity contribution in [3.8, 4) is 5.75 Å². The van der Waals surface area contributed by atoms with Crippen LogP contribution in [0.25, 0.3) is 0 Å². The second-order valence-electron chi connectivity index (χ2n) is 5.51. The van der Waals surface area contributed by atoms with Crippen LogP contribution in [0, 0.1) is 0 Å². The first kappa shape index (κ1) is 18.9. The lowest BCUT2D eigenvalue weighted by molar-refractivity contribution is 0.414. The van der Waals surface area contributed by atoms with E-state index in [4.69, 9.17) is 27.9 Å². The van der Waals surface area contributed by atoms with Crippen molar-refractivity contribution in [1.82, 2.24) is 4.90 Å². The van der Waals surface area contributed by atoms with E-state index < -0.39 is 0 Å². The average Bonchev–Trinajstić information content (AvgIpc) is 2.49. The van der Waals surface area contributed by atoms with Crippen molar-refractivity contribution in [2.24, 2.45) is 0 Å². The molecule has 2 rings (SSSR count). The quantitative estimate of drug-likeness (QED) is 0.787. The molecule has 0 saturated carbocycles. The second-order valence-corrected chi connectivity index (χ2v) is 6.32. The third-order valence-electron chi connectivity index (χ3n) is 3.06. The molecule has 0 saturated heterocycles. The molecule has 0 radical (unpaired) electrons. The standard InChI is InChI=1S/C14H13BCl2O.C3H9N/c1-18-11-5-2-9(3-6-11)14(15)10-4-7-12(16)13(17)8-10;1-4(2)3/h2-8,14H,15H2,1H3;1-3H3. The average molecular weight is 338 g/mol. The predicted octanol–water partition coefficient (Wildman–Crippen LogP) is 3.90. The van der Waals surface area contributed by atoms with Crippen molar-refractivity contribution in [1.29, 1.82) is 0 Å². The smallest absolute Gasteiger partial charge is 0.118 e. The molecule has 2 nitrogen and oxygen atoms in total. The van der Waals surface area contributed by atoms with Gasteiger partial charge in [0.2, 0.25) is 0 Å². The number of ether oxygens (including phenoxy) is 1. The SMILES string of the molecule is BC(c1ccc(OC)cc1)c1ccc(Cl)c(Cl)c1.CN(C)C. The molecule has 0 heterocycles. The van der Waals surface area contributed by atoms with Gasteiger partial charge in [-0.3, -0.25) is 0 Å². The zero-order valence-electron chi connectivity index (χ0n) is 13.7. The summed E-state index contributed by atoms with van der Waals surface area (Å²) < 4.78 is 5.15. The van der Waals surface area contributed by atoms with Crippen LogP contribution < -0.4 is 4.74 Å². The minimum atomic E-state index is 0.269. The number of rotatable bonds is 3. The second kappa shape index (κ2) is 9.09. The van der Waals surface area contributed by atoms with Gasteiger partial charge in [-0.1, -0.05) is 41.4 Å². The molecule has 22 heavy (non-hydrogen) atoms. The minimum absolute atomic E-state index is 0.269. The van der Waals surface area contributed by atoms with Crippen LogP contribution in [0.3, 0.4) is 0 Å². The molecule has 0 fully saturated rings.